The topological polar surface area (TPSA) is 41.1 Å². The van der Waals surface area contributed by atoms with E-state index in [9.17, 15) is 4.79 Å². The quantitative estimate of drug-likeness (QED) is 0.835. The second kappa shape index (κ2) is 6.45. The number of hydrogen-bond acceptors (Lipinski definition) is 3. The average molecular weight is 285 g/mol. The fraction of sp³-hybridized carbons (Fsp3) is 0.462. The van der Waals surface area contributed by atoms with Crippen LogP contribution < -0.4 is 10.6 Å². The Bertz CT molecular complexity index is 439. The Morgan fingerprint density at radius 2 is 2.33 bits per heavy atom. The molecule has 18 heavy (non-hydrogen) atoms. The minimum Gasteiger partial charge on any atom is -0.355 e. The molecule has 0 spiro atoms. The summed E-state index contributed by atoms with van der Waals surface area (Å²) in [7, 11) is 0. The third-order valence-electron chi connectivity index (χ3n) is 2.90. The fourth-order valence-corrected chi connectivity index (χ4v) is 3.35. The van der Waals surface area contributed by atoms with Crippen LogP contribution in [0, 0.1) is 0 Å². The Labute approximate surface area is 117 Å². The van der Waals surface area contributed by atoms with Crippen molar-refractivity contribution in [3.63, 3.8) is 0 Å². The molecule has 0 bridgehead atoms. The molecule has 1 unspecified atom stereocenters. The predicted molar refractivity (Wildman–Crippen MR) is 76.2 cm³/mol. The highest BCUT2D eigenvalue weighted by Crippen LogP contribution is 2.37. The van der Waals surface area contributed by atoms with Crippen LogP contribution in [-0.2, 0) is 4.79 Å². The SMILES string of the molecule is CC(=O)NCCNC1CCSc2ccc(Cl)cc21. The van der Waals surface area contributed by atoms with Crippen LogP contribution >= 0.6 is 23.4 Å². The van der Waals surface area contributed by atoms with Crippen LogP contribution in [0.15, 0.2) is 23.1 Å². The summed E-state index contributed by atoms with van der Waals surface area (Å²) in [5.41, 5.74) is 1.28. The van der Waals surface area contributed by atoms with Crippen molar-refractivity contribution in [2.24, 2.45) is 0 Å². The van der Waals surface area contributed by atoms with Crippen LogP contribution in [0.1, 0.15) is 24.9 Å². The van der Waals surface area contributed by atoms with Crippen molar-refractivity contribution in [2.75, 3.05) is 18.8 Å². The zero-order valence-corrected chi connectivity index (χ0v) is 11.9. The van der Waals surface area contributed by atoms with E-state index < -0.39 is 0 Å². The molecule has 1 aliphatic rings. The lowest BCUT2D eigenvalue weighted by Crippen LogP contribution is -2.33. The van der Waals surface area contributed by atoms with Gasteiger partial charge in [-0.1, -0.05) is 11.6 Å². The molecule has 2 N–H and O–H groups in total. The summed E-state index contributed by atoms with van der Waals surface area (Å²) < 4.78 is 0. The Hall–Kier alpha value is -0.710. The van der Waals surface area contributed by atoms with Crippen LogP contribution in [0.25, 0.3) is 0 Å². The largest absolute Gasteiger partial charge is 0.355 e. The molecule has 98 valence electrons. The van der Waals surface area contributed by atoms with E-state index in [0.717, 1.165) is 23.7 Å². The maximum absolute atomic E-state index is 10.8. The lowest BCUT2D eigenvalue weighted by molar-refractivity contribution is -0.118. The van der Waals surface area contributed by atoms with Crippen molar-refractivity contribution < 1.29 is 4.79 Å². The van der Waals surface area contributed by atoms with Gasteiger partial charge in [0.05, 0.1) is 0 Å². The summed E-state index contributed by atoms with van der Waals surface area (Å²) in [6.07, 6.45) is 1.10. The molecular weight excluding hydrogens is 268 g/mol. The summed E-state index contributed by atoms with van der Waals surface area (Å²) in [4.78, 5) is 12.1. The van der Waals surface area contributed by atoms with Crippen LogP contribution in [-0.4, -0.2) is 24.7 Å². The molecular formula is C13H17ClN2OS. The Morgan fingerprint density at radius 3 is 3.11 bits per heavy atom. The highest BCUT2D eigenvalue weighted by atomic mass is 35.5. The molecule has 1 aromatic carbocycles. The van der Waals surface area contributed by atoms with Gasteiger partial charge in [0.1, 0.15) is 0 Å². The Kier molecular flexibility index (Phi) is 4.92. The standard InChI is InChI=1S/C13H17ClN2OS/c1-9(17)15-5-6-16-12-4-7-18-13-3-2-10(14)8-11(12)13/h2-3,8,12,16H,4-7H2,1H3,(H,15,17). The van der Waals surface area contributed by atoms with Crippen molar-refractivity contribution in [3.8, 4) is 0 Å². The normalized spacial score (nSPS) is 18.2. The van der Waals surface area contributed by atoms with E-state index in [0.29, 0.717) is 12.6 Å². The summed E-state index contributed by atoms with van der Waals surface area (Å²) >= 11 is 7.93. The summed E-state index contributed by atoms with van der Waals surface area (Å²) in [5.74, 6) is 1.13. The number of carbonyl (C=O) groups is 1. The first-order chi connectivity index (χ1) is 8.66. The third-order valence-corrected chi connectivity index (χ3v) is 4.26. The number of benzene rings is 1. The fourth-order valence-electron chi connectivity index (χ4n) is 2.06. The maximum Gasteiger partial charge on any atom is 0.216 e. The predicted octanol–water partition coefficient (Wildman–Crippen LogP) is 2.60. The van der Waals surface area contributed by atoms with E-state index >= 15 is 0 Å². The molecule has 1 aliphatic heterocycles. The number of hydrogen-bond donors (Lipinski definition) is 2. The Balaban J connectivity index is 1.95. The molecule has 1 atom stereocenters. The molecule has 1 heterocycles. The lowest BCUT2D eigenvalue weighted by Gasteiger charge is -2.26. The highest BCUT2D eigenvalue weighted by Gasteiger charge is 2.20. The van der Waals surface area contributed by atoms with E-state index in [2.05, 4.69) is 16.7 Å². The molecule has 0 radical (unpaired) electrons. The number of carbonyl (C=O) groups excluding carboxylic acids is 1. The van der Waals surface area contributed by atoms with Gasteiger partial charge in [-0.15, -0.1) is 11.8 Å². The van der Waals surface area contributed by atoms with E-state index in [4.69, 9.17) is 11.6 Å². The lowest BCUT2D eigenvalue weighted by atomic mass is 10.0. The molecule has 1 amide bonds. The highest BCUT2D eigenvalue weighted by molar-refractivity contribution is 7.99. The number of rotatable bonds is 4. The summed E-state index contributed by atoms with van der Waals surface area (Å²) in [6, 6.07) is 6.41. The van der Waals surface area contributed by atoms with E-state index in [1.165, 1.54) is 17.4 Å². The van der Waals surface area contributed by atoms with Crippen molar-refractivity contribution in [1.29, 1.82) is 0 Å². The first-order valence-electron chi connectivity index (χ1n) is 6.07. The molecule has 0 fully saturated rings. The van der Waals surface area contributed by atoms with Crippen LogP contribution in [0.2, 0.25) is 5.02 Å². The minimum atomic E-state index is 0.0134. The molecule has 0 saturated carbocycles. The molecule has 0 aromatic heterocycles. The van der Waals surface area contributed by atoms with Crippen LogP contribution in [0.3, 0.4) is 0 Å². The first-order valence-corrected chi connectivity index (χ1v) is 7.43. The van der Waals surface area contributed by atoms with Gasteiger partial charge in [0.25, 0.3) is 0 Å². The van der Waals surface area contributed by atoms with Crippen LogP contribution in [0.4, 0.5) is 0 Å². The molecule has 2 rings (SSSR count). The van der Waals surface area contributed by atoms with Crippen molar-refractivity contribution in [3.05, 3.63) is 28.8 Å². The van der Waals surface area contributed by atoms with Gasteiger partial charge in [-0.05, 0) is 35.9 Å². The van der Waals surface area contributed by atoms with Gasteiger partial charge in [0.2, 0.25) is 5.91 Å². The molecule has 1 aromatic rings. The third kappa shape index (κ3) is 3.64. The van der Waals surface area contributed by atoms with E-state index in [1.807, 2.05) is 23.9 Å². The van der Waals surface area contributed by atoms with Crippen molar-refractivity contribution >= 4 is 29.3 Å². The van der Waals surface area contributed by atoms with E-state index in [1.54, 1.807) is 0 Å². The second-order valence-electron chi connectivity index (χ2n) is 4.31. The van der Waals surface area contributed by atoms with Crippen LogP contribution in [0.5, 0.6) is 0 Å². The van der Waals surface area contributed by atoms with Gasteiger partial charge in [-0.2, -0.15) is 0 Å². The second-order valence-corrected chi connectivity index (χ2v) is 5.88. The maximum atomic E-state index is 10.8. The molecule has 0 aliphatic carbocycles. The molecule has 5 heteroatoms. The Morgan fingerprint density at radius 1 is 1.50 bits per heavy atom. The smallest absolute Gasteiger partial charge is 0.216 e. The number of fused-ring (bicyclic) bond motifs is 1. The summed E-state index contributed by atoms with van der Waals surface area (Å²) in [6.45, 7) is 2.97. The summed E-state index contributed by atoms with van der Waals surface area (Å²) in [5, 5.41) is 7.04. The van der Waals surface area contributed by atoms with Gasteiger partial charge in [0.15, 0.2) is 0 Å². The minimum absolute atomic E-state index is 0.0134. The van der Waals surface area contributed by atoms with Gasteiger partial charge in [0, 0.05) is 36.0 Å². The van der Waals surface area contributed by atoms with Gasteiger partial charge in [-0.25, -0.2) is 0 Å². The van der Waals surface area contributed by atoms with Crippen molar-refractivity contribution in [1.82, 2.24) is 10.6 Å². The zero-order valence-electron chi connectivity index (χ0n) is 10.3. The number of thioether (sulfide) groups is 1. The number of nitrogens with one attached hydrogen (secondary N) is 2. The zero-order chi connectivity index (χ0) is 13.0. The van der Waals surface area contributed by atoms with Gasteiger partial charge < -0.3 is 10.6 Å². The number of halogens is 1. The average Bonchev–Trinajstić information content (AvgIpc) is 2.34. The molecule has 3 nitrogen and oxygen atoms in total. The monoisotopic (exact) mass is 284 g/mol. The molecule has 0 saturated heterocycles. The van der Waals surface area contributed by atoms with Gasteiger partial charge in [-0.3, -0.25) is 4.79 Å². The van der Waals surface area contributed by atoms with E-state index in [-0.39, 0.29) is 5.91 Å². The first kappa shape index (κ1) is 13.7. The van der Waals surface area contributed by atoms with Crippen molar-refractivity contribution in [2.45, 2.75) is 24.3 Å². The van der Waals surface area contributed by atoms with Gasteiger partial charge >= 0.3 is 0 Å². The number of amides is 1.